The summed E-state index contributed by atoms with van der Waals surface area (Å²) in [6.07, 6.45) is 4.32. The molecule has 0 aromatic heterocycles. The van der Waals surface area contributed by atoms with E-state index in [0.29, 0.717) is 24.3 Å². The summed E-state index contributed by atoms with van der Waals surface area (Å²) in [6.45, 7) is 6.44. The monoisotopic (exact) mass is 212 g/mol. The first kappa shape index (κ1) is 12.5. The van der Waals surface area contributed by atoms with E-state index >= 15 is 0 Å². The molecule has 4 atom stereocenters. The van der Waals surface area contributed by atoms with Crippen molar-refractivity contribution < 1.29 is 4.79 Å². The van der Waals surface area contributed by atoms with Gasteiger partial charge in [-0.1, -0.05) is 33.6 Å². The fourth-order valence-corrected chi connectivity index (χ4v) is 2.26. The van der Waals surface area contributed by atoms with Crippen molar-refractivity contribution >= 4 is 5.91 Å². The topological polar surface area (TPSA) is 55.1 Å². The molecule has 1 aliphatic carbocycles. The van der Waals surface area contributed by atoms with Crippen LogP contribution in [-0.2, 0) is 4.79 Å². The van der Waals surface area contributed by atoms with Crippen molar-refractivity contribution in [2.45, 2.75) is 58.5 Å². The zero-order chi connectivity index (χ0) is 11.4. The largest absolute Gasteiger partial charge is 0.352 e. The fourth-order valence-electron chi connectivity index (χ4n) is 2.26. The molecule has 0 bridgehead atoms. The first-order valence-corrected chi connectivity index (χ1v) is 6.12. The second-order valence-electron chi connectivity index (χ2n) is 4.90. The van der Waals surface area contributed by atoms with E-state index in [4.69, 9.17) is 5.73 Å². The predicted molar refractivity (Wildman–Crippen MR) is 62.4 cm³/mol. The van der Waals surface area contributed by atoms with Crippen molar-refractivity contribution in [3.63, 3.8) is 0 Å². The molecule has 1 aliphatic rings. The molecule has 1 rings (SSSR count). The summed E-state index contributed by atoms with van der Waals surface area (Å²) in [5.74, 6) is 1.30. The molecule has 0 radical (unpaired) electrons. The van der Waals surface area contributed by atoms with Gasteiger partial charge in [0.2, 0.25) is 5.91 Å². The van der Waals surface area contributed by atoms with E-state index < -0.39 is 0 Å². The van der Waals surface area contributed by atoms with E-state index in [0.717, 1.165) is 6.42 Å². The Morgan fingerprint density at radius 3 is 2.73 bits per heavy atom. The first-order valence-electron chi connectivity index (χ1n) is 6.12. The lowest BCUT2D eigenvalue weighted by atomic mass is 9.78. The Bertz CT molecular complexity index is 218. The van der Waals surface area contributed by atoms with Crippen LogP contribution in [0.2, 0.25) is 0 Å². The van der Waals surface area contributed by atoms with Crippen LogP contribution in [-0.4, -0.2) is 18.0 Å². The summed E-state index contributed by atoms with van der Waals surface area (Å²) in [5.41, 5.74) is 5.70. The lowest BCUT2D eigenvalue weighted by Gasteiger charge is -2.35. The normalized spacial score (nSPS) is 33.5. The average molecular weight is 212 g/mol. The number of carbonyl (C=O) groups excluding carboxylic acids is 1. The Balaban J connectivity index is 2.46. The molecule has 1 fully saturated rings. The van der Waals surface area contributed by atoms with E-state index in [9.17, 15) is 4.79 Å². The van der Waals surface area contributed by atoms with Crippen LogP contribution in [0.15, 0.2) is 0 Å². The van der Waals surface area contributed by atoms with Gasteiger partial charge < -0.3 is 11.1 Å². The molecule has 3 heteroatoms. The van der Waals surface area contributed by atoms with Gasteiger partial charge in [0.15, 0.2) is 0 Å². The minimum Gasteiger partial charge on any atom is -0.352 e. The van der Waals surface area contributed by atoms with Gasteiger partial charge in [-0.05, 0) is 24.7 Å². The molecule has 0 aliphatic heterocycles. The third kappa shape index (κ3) is 3.20. The second-order valence-corrected chi connectivity index (χ2v) is 4.90. The highest BCUT2D eigenvalue weighted by Crippen LogP contribution is 2.29. The lowest BCUT2D eigenvalue weighted by Crippen LogP contribution is -2.49. The molecule has 0 saturated heterocycles. The fraction of sp³-hybridized carbons (Fsp3) is 0.917. The Morgan fingerprint density at radius 2 is 2.13 bits per heavy atom. The smallest absolute Gasteiger partial charge is 0.237 e. The van der Waals surface area contributed by atoms with Crippen LogP contribution in [0.3, 0.4) is 0 Å². The maximum Gasteiger partial charge on any atom is 0.237 e. The Labute approximate surface area is 92.8 Å². The van der Waals surface area contributed by atoms with Crippen LogP contribution < -0.4 is 11.1 Å². The van der Waals surface area contributed by atoms with Crippen LogP contribution in [0.5, 0.6) is 0 Å². The van der Waals surface area contributed by atoms with Crippen molar-refractivity contribution in [3.8, 4) is 0 Å². The summed E-state index contributed by atoms with van der Waals surface area (Å²) in [5, 5.41) is 3.09. The number of nitrogens with two attached hydrogens (primary N) is 1. The van der Waals surface area contributed by atoms with Crippen molar-refractivity contribution in [1.29, 1.82) is 0 Å². The van der Waals surface area contributed by atoms with Crippen molar-refractivity contribution in [2.75, 3.05) is 0 Å². The summed E-state index contributed by atoms with van der Waals surface area (Å²) in [4.78, 5) is 11.7. The van der Waals surface area contributed by atoms with Gasteiger partial charge >= 0.3 is 0 Å². The zero-order valence-electron chi connectivity index (χ0n) is 10.1. The number of carbonyl (C=O) groups is 1. The summed E-state index contributed by atoms with van der Waals surface area (Å²) < 4.78 is 0. The van der Waals surface area contributed by atoms with Crippen LogP contribution in [0.25, 0.3) is 0 Å². The van der Waals surface area contributed by atoms with Gasteiger partial charge in [-0.2, -0.15) is 0 Å². The first-order chi connectivity index (χ1) is 7.06. The third-order valence-electron chi connectivity index (χ3n) is 3.81. The van der Waals surface area contributed by atoms with Crippen LogP contribution in [0, 0.1) is 11.8 Å². The van der Waals surface area contributed by atoms with E-state index in [2.05, 4.69) is 19.2 Å². The Morgan fingerprint density at radius 1 is 1.47 bits per heavy atom. The maximum absolute atomic E-state index is 11.7. The number of hydrogen-bond donors (Lipinski definition) is 2. The molecule has 88 valence electrons. The Kier molecular flexibility index (Phi) is 4.58. The Hall–Kier alpha value is -0.570. The number of hydrogen-bond acceptors (Lipinski definition) is 2. The molecule has 3 N–H and O–H groups in total. The number of rotatable bonds is 3. The molecule has 0 aromatic rings. The van der Waals surface area contributed by atoms with E-state index in [1.54, 1.807) is 0 Å². The summed E-state index contributed by atoms with van der Waals surface area (Å²) in [7, 11) is 0. The molecular formula is C12H24N2O. The molecule has 0 heterocycles. The van der Waals surface area contributed by atoms with E-state index in [1.165, 1.54) is 12.8 Å². The number of amides is 1. The highest BCUT2D eigenvalue weighted by Gasteiger charge is 2.28. The van der Waals surface area contributed by atoms with Gasteiger partial charge in [0.25, 0.3) is 0 Å². The van der Waals surface area contributed by atoms with Gasteiger partial charge in [-0.25, -0.2) is 0 Å². The standard InChI is InChI=1S/C12H24N2O/c1-4-10(13)12(15)14-11-7-5-6-8(2)9(11)3/h8-11H,4-7,13H2,1-3H3,(H,14,15)/t8?,9?,10-,11?/m1/s1. The zero-order valence-corrected chi connectivity index (χ0v) is 10.1. The van der Waals surface area contributed by atoms with Gasteiger partial charge in [0.1, 0.15) is 0 Å². The van der Waals surface area contributed by atoms with E-state index in [1.807, 2.05) is 6.92 Å². The van der Waals surface area contributed by atoms with Gasteiger partial charge in [-0.3, -0.25) is 4.79 Å². The van der Waals surface area contributed by atoms with Crippen molar-refractivity contribution in [3.05, 3.63) is 0 Å². The van der Waals surface area contributed by atoms with Gasteiger partial charge in [0.05, 0.1) is 6.04 Å². The van der Waals surface area contributed by atoms with Crippen LogP contribution in [0.1, 0.15) is 46.5 Å². The van der Waals surface area contributed by atoms with Gasteiger partial charge in [-0.15, -0.1) is 0 Å². The minimum absolute atomic E-state index is 0.0171. The molecule has 0 aromatic carbocycles. The molecule has 3 nitrogen and oxygen atoms in total. The quantitative estimate of drug-likeness (QED) is 0.747. The predicted octanol–water partition coefficient (Wildman–Crippen LogP) is 1.66. The maximum atomic E-state index is 11.7. The lowest BCUT2D eigenvalue weighted by molar-refractivity contribution is -0.123. The molecular weight excluding hydrogens is 188 g/mol. The van der Waals surface area contributed by atoms with Crippen molar-refractivity contribution in [2.24, 2.45) is 17.6 Å². The second kappa shape index (κ2) is 5.50. The number of nitrogens with one attached hydrogen (secondary N) is 1. The average Bonchev–Trinajstić information content (AvgIpc) is 2.23. The molecule has 3 unspecified atom stereocenters. The SMILES string of the molecule is CC[C@@H](N)C(=O)NC1CCCC(C)C1C. The highest BCUT2D eigenvalue weighted by atomic mass is 16.2. The van der Waals surface area contributed by atoms with Crippen LogP contribution in [0.4, 0.5) is 0 Å². The third-order valence-corrected chi connectivity index (χ3v) is 3.81. The van der Waals surface area contributed by atoms with E-state index in [-0.39, 0.29) is 11.9 Å². The molecule has 0 spiro atoms. The van der Waals surface area contributed by atoms with Crippen LogP contribution >= 0.6 is 0 Å². The summed E-state index contributed by atoms with van der Waals surface area (Å²) in [6, 6.07) is -0.00622. The van der Waals surface area contributed by atoms with Crippen molar-refractivity contribution in [1.82, 2.24) is 5.32 Å². The molecule has 1 amide bonds. The summed E-state index contributed by atoms with van der Waals surface area (Å²) >= 11 is 0. The van der Waals surface area contributed by atoms with Gasteiger partial charge in [0, 0.05) is 6.04 Å². The molecule has 1 saturated carbocycles. The molecule has 15 heavy (non-hydrogen) atoms. The highest BCUT2D eigenvalue weighted by molar-refractivity contribution is 5.81. The minimum atomic E-state index is -0.338.